The van der Waals surface area contributed by atoms with Crippen molar-refractivity contribution in [3.8, 4) is 0 Å². The zero-order valence-corrected chi connectivity index (χ0v) is 11.1. The molecule has 0 fully saturated rings. The summed E-state index contributed by atoms with van der Waals surface area (Å²) in [6, 6.07) is 0. The van der Waals surface area contributed by atoms with Gasteiger partial charge in [-0.2, -0.15) is 0 Å². The molecule has 0 spiro atoms. The van der Waals surface area contributed by atoms with Crippen LogP contribution in [0.4, 0.5) is 0 Å². The van der Waals surface area contributed by atoms with Crippen molar-refractivity contribution in [3.05, 3.63) is 0 Å². The first kappa shape index (κ1) is 17.8. The Morgan fingerprint density at radius 2 is 1.62 bits per heavy atom. The summed E-state index contributed by atoms with van der Waals surface area (Å²) < 4.78 is 4.82. The Morgan fingerprint density at radius 1 is 1.19 bits per heavy atom. The fourth-order valence-corrected chi connectivity index (χ4v) is 0.881. The maximum atomic E-state index is 10.4. The number of hydrogen-bond donors (Lipinski definition) is 2. The molecule has 0 amide bonds. The third-order valence-electron chi connectivity index (χ3n) is 2.03. The van der Waals surface area contributed by atoms with Crippen LogP contribution in [-0.2, 0) is 9.53 Å². The van der Waals surface area contributed by atoms with Gasteiger partial charge in [-0.3, -0.25) is 4.79 Å². The number of rotatable bonds is 5. The van der Waals surface area contributed by atoms with Crippen LogP contribution in [-0.4, -0.2) is 34.5 Å². The Hall–Kier alpha value is -0.610. The number of carbonyl (C=O) groups is 1. The van der Waals surface area contributed by atoms with Gasteiger partial charge in [0.25, 0.3) is 0 Å². The number of carbonyl (C=O) groups excluding carboxylic acids is 1. The van der Waals surface area contributed by atoms with E-state index in [4.69, 9.17) is 14.9 Å². The van der Waals surface area contributed by atoms with Crippen molar-refractivity contribution in [2.45, 2.75) is 72.2 Å². The Morgan fingerprint density at radius 3 is 1.88 bits per heavy atom. The molecule has 16 heavy (non-hydrogen) atoms. The smallest absolute Gasteiger partial charge is 0.302 e. The second-order valence-electron chi connectivity index (χ2n) is 3.98. The molecule has 3 atom stereocenters. The first-order valence-corrected chi connectivity index (χ1v) is 5.86. The lowest BCUT2D eigenvalue weighted by Crippen LogP contribution is -2.19. The Balaban J connectivity index is 0. The minimum atomic E-state index is -0.357. The number of esters is 1. The average molecular weight is 234 g/mol. The fraction of sp³-hybridized carbons (Fsp3) is 0.917. The lowest BCUT2D eigenvalue weighted by atomic mass is 10.1. The van der Waals surface area contributed by atoms with E-state index in [1.807, 2.05) is 13.8 Å². The predicted molar refractivity (Wildman–Crippen MR) is 64.1 cm³/mol. The van der Waals surface area contributed by atoms with Crippen molar-refractivity contribution in [1.29, 1.82) is 0 Å². The van der Waals surface area contributed by atoms with Crippen molar-refractivity contribution in [2.75, 3.05) is 0 Å². The molecule has 0 bridgehead atoms. The molecule has 98 valence electrons. The second-order valence-corrected chi connectivity index (χ2v) is 3.98. The van der Waals surface area contributed by atoms with Crippen molar-refractivity contribution < 1.29 is 19.7 Å². The van der Waals surface area contributed by atoms with Gasteiger partial charge in [0.1, 0.15) is 6.10 Å². The van der Waals surface area contributed by atoms with E-state index in [9.17, 15) is 4.79 Å². The van der Waals surface area contributed by atoms with E-state index in [-0.39, 0.29) is 24.3 Å². The van der Waals surface area contributed by atoms with E-state index in [0.717, 1.165) is 6.42 Å². The lowest BCUT2D eigenvalue weighted by molar-refractivity contribution is -0.146. The van der Waals surface area contributed by atoms with Gasteiger partial charge in [-0.05, 0) is 26.7 Å². The summed E-state index contributed by atoms with van der Waals surface area (Å²) in [5.41, 5.74) is 0. The molecule has 0 aliphatic carbocycles. The van der Waals surface area contributed by atoms with E-state index < -0.39 is 0 Å². The largest absolute Gasteiger partial charge is 0.463 e. The molecule has 3 unspecified atom stereocenters. The molecule has 4 heteroatoms. The molecule has 0 aromatic heterocycles. The van der Waals surface area contributed by atoms with E-state index in [2.05, 4.69) is 0 Å². The first-order chi connectivity index (χ1) is 7.33. The molecule has 0 heterocycles. The summed E-state index contributed by atoms with van der Waals surface area (Å²) in [6.07, 6.45) is 1.43. The Labute approximate surface area is 98.6 Å². The lowest BCUT2D eigenvalue weighted by Gasteiger charge is -2.14. The van der Waals surface area contributed by atoms with Gasteiger partial charge in [-0.1, -0.05) is 13.8 Å². The molecule has 0 rings (SSSR count). The van der Waals surface area contributed by atoms with E-state index in [1.54, 1.807) is 13.8 Å². The normalized spacial score (nSPS) is 15.4. The highest BCUT2D eigenvalue weighted by molar-refractivity contribution is 5.66. The monoisotopic (exact) mass is 234 g/mol. The molecular formula is C12H26O4. The minimum absolute atomic E-state index is 0.116. The molecule has 0 aromatic rings. The van der Waals surface area contributed by atoms with Crippen molar-refractivity contribution in [3.63, 3.8) is 0 Å². The van der Waals surface area contributed by atoms with E-state index >= 15 is 0 Å². The molecule has 4 nitrogen and oxygen atoms in total. The third kappa shape index (κ3) is 15.8. The van der Waals surface area contributed by atoms with Crippen LogP contribution in [0, 0.1) is 0 Å². The van der Waals surface area contributed by atoms with Gasteiger partial charge in [0, 0.05) is 13.3 Å². The highest BCUT2D eigenvalue weighted by atomic mass is 16.5. The standard InChI is InChI=1S/C8H16O3.C4H10O/c1-4-8(10)5-6(2)11-7(3)9;1-3-4(2)5/h6,8,10H,4-5H2,1-3H3;4-5H,3H2,1-2H3. The van der Waals surface area contributed by atoms with Gasteiger partial charge in [-0.25, -0.2) is 0 Å². The topological polar surface area (TPSA) is 66.8 Å². The maximum absolute atomic E-state index is 10.4. The van der Waals surface area contributed by atoms with Crippen LogP contribution in [0.15, 0.2) is 0 Å². The quantitative estimate of drug-likeness (QED) is 0.713. The van der Waals surface area contributed by atoms with Gasteiger partial charge in [0.2, 0.25) is 0 Å². The molecule has 0 aromatic carbocycles. The number of hydrogen-bond acceptors (Lipinski definition) is 4. The van der Waals surface area contributed by atoms with Gasteiger partial charge >= 0.3 is 5.97 Å². The van der Waals surface area contributed by atoms with Crippen molar-refractivity contribution in [2.24, 2.45) is 0 Å². The number of aliphatic hydroxyl groups excluding tert-OH is 2. The third-order valence-corrected chi connectivity index (χ3v) is 2.03. The maximum Gasteiger partial charge on any atom is 0.302 e. The van der Waals surface area contributed by atoms with Crippen LogP contribution in [0.5, 0.6) is 0 Å². The fourth-order valence-electron chi connectivity index (χ4n) is 0.881. The van der Waals surface area contributed by atoms with Crippen LogP contribution in [0.3, 0.4) is 0 Å². The van der Waals surface area contributed by atoms with Gasteiger partial charge in [0.15, 0.2) is 0 Å². The number of aliphatic hydroxyl groups is 2. The summed E-state index contributed by atoms with van der Waals surface area (Å²) in [5, 5.41) is 17.5. The van der Waals surface area contributed by atoms with E-state index in [1.165, 1.54) is 6.92 Å². The summed E-state index contributed by atoms with van der Waals surface area (Å²) in [4.78, 5) is 10.4. The molecule has 0 aliphatic heterocycles. The van der Waals surface area contributed by atoms with Crippen molar-refractivity contribution in [1.82, 2.24) is 0 Å². The highest BCUT2D eigenvalue weighted by Gasteiger charge is 2.10. The summed E-state index contributed by atoms with van der Waals surface area (Å²) in [6.45, 7) is 8.77. The van der Waals surface area contributed by atoms with Crippen LogP contribution in [0.1, 0.15) is 53.9 Å². The van der Waals surface area contributed by atoms with Gasteiger partial charge in [-0.15, -0.1) is 0 Å². The zero-order valence-electron chi connectivity index (χ0n) is 11.1. The molecule has 0 radical (unpaired) electrons. The van der Waals surface area contributed by atoms with Crippen molar-refractivity contribution >= 4 is 5.97 Å². The molecular weight excluding hydrogens is 208 g/mol. The zero-order chi connectivity index (χ0) is 13.1. The minimum Gasteiger partial charge on any atom is -0.463 e. The Kier molecular flexibility index (Phi) is 12.1. The van der Waals surface area contributed by atoms with Crippen LogP contribution in [0.2, 0.25) is 0 Å². The average Bonchev–Trinajstić information content (AvgIpc) is 2.17. The van der Waals surface area contributed by atoms with Crippen LogP contribution >= 0.6 is 0 Å². The summed E-state index contributed by atoms with van der Waals surface area (Å²) in [7, 11) is 0. The molecule has 0 saturated heterocycles. The molecule has 0 aliphatic rings. The number of ether oxygens (including phenoxy) is 1. The summed E-state index contributed by atoms with van der Waals surface area (Å²) in [5.74, 6) is -0.291. The highest BCUT2D eigenvalue weighted by Crippen LogP contribution is 2.04. The van der Waals surface area contributed by atoms with Gasteiger partial charge < -0.3 is 14.9 Å². The molecule has 2 N–H and O–H groups in total. The van der Waals surface area contributed by atoms with E-state index in [0.29, 0.717) is 12.8 Å². The predicted octanol–water partition coefficient (Wildman–Crippen LogP) is 1.88. The second kappa shape index (κ2) is 10.9. The Bertz CT molecular complexity index is 168. The van der Waals surface area contributed by atoms with Crippen LogP contribution < -0.4 is 0 Å². The first-order valence-electron chi connectivity index (χ1n) is 5.86. The summed E-state index contributed by atoms with van der Waals surface area (Å²) >= 11 is 0. The molecule has 0 saturated carbocycles. The SMILES string of the molecule is CCC(C)O.CCC(O)CC(C)OC(C)=O. The van der Waals surface area contributed by atoms with Gasteiger partial charge in [0.05, 0.1) is 12.2 Å². The van der Waals surface area contributed by atoms with Crippen LogP contribution in [0.25, 0.3) is 0 Å².